The van der Waals surface area contributed by atoms with Gasteiger partial charge in [0.1, 0.15) is 0 Å². The first-order chi connectivity index (χ1) is 8.95. The zero-order valence-corrected chi connectivity index (χ0v) is 12.4. The predicted octanol–water partition coefficient (Wildman–Crippen LogP) is -0.326. The van der Waals surface area contributed by atoms with E-state index >= 15 is 0 Å². The molecule has 1 aliphatic heterocycles. The normalized spacial score (nSPS) is 17.7. The van der Waals surface area contributed by atoms with Gasteiger partial charge in [-0.2, -0.15) is 17.1 Å². The first-order valence-electron chi connectivity index (χ1n) is 5.84. The van der Waals surface area contributed by atoms with E-state index in [1.165, 1.54) is 22.9 Å². The van der Waals surface area contributed by atoms with E-state index < -0.39 is 10.2 Å². The van der Waals surface area contributed by atoms with Gasteiger partial charge in [0.2, 0.25) is 0 Å². The molecule has 0 atom stereocenters. The molecule has 0 unspecified atom stereocenters. The van der Waals surface area contributed by atoms with Gasteiger partial charge in [-0.05, 0) is 18.5 Å². The lowest BCUT2D eigenvalue weighted by Gasteiger charge is -2.33. The minimum atomic E-state index is -3.40. The zero-order chi connectivity index (χ0) is 14.0. The van der Waals surface area contributed by atoms with Crippen LogP contribution in [0.25, 0.3) is 0 Å². The highest BCUT2D eigenvalue weighted by molar-refractivity contribution is 7.87. The zero-order valence-electron chi connectivity index (χ0n) is 10.8. The number of hydrogen-bond donors (Lipinski definition) is 1. The van der Waals surface area contributed by atoms with Crippen molar-refractivity contribution >= 4 is 27.6 Å². The highest BCUT2D eigenvalue weighted by Gasteiger charge is 2.29. The average Bonchev–Trinajstić information content (AvgIpc) is 2.84. The molecule has 1 aliphatic rings. The molecule has 2 rings (SSSR count). The van der Waals surface area contributed by atoms with Gasteiger partial charge < -0.3 is 4.90 Å². The molecule has 1 amide bonds. The molecule has 1 N–H and O–H groups in total. The lowest BCUT2D eigenvalue weighted by molar-refractivity contribution is 0.0697. The summed E-state index contributed by atoms with van der Waals surface area (Å²) in [6, 6.07) is 0. The number of aryl methyl sites for hydroxylation is 1. The van der Waals surface area contributed by atoms with Crippen LogP contribution in [-0.2, 0) is 10.2 Å². The molecule has 9 heteroatoms. The Morgan fingerprint density at radius 3 is 2.47 bits per heavy atom. The number of aromatic nitrogens is 1. The molecule has 106 valence electrons. The van der Waals surface area contributed by atoms with Gasteiger partial charge in [-0.3, -0.25) is 4.79 Å². The molecule has 1 aromatic heterocycles. The molecular weight excluding hydrogens is 288 g/mol. The van der Waals surface area contributed by atoms with Crippen LogP contribution >= 0.6 is 11.5 Å². The minimum absolute atomic E-state index is 0.0762. The van der Waals surface area contributed by atoms with Crippen LogP contribution in [0.3, 0.4) is 0 Å². The van der Waals surface area contributed by atoms with Crippen molar-refractivity contribution in [3.63, 3.8) is 0 Å². The molecule has 0 aliphatic carbocycles. The highest BCUT2D eigenvalue weighted by Crippen LogP contribution is 2.14. The Bertz CT molecular complexity index is 561. The first-order valence-corrected chi connectivity index (χ1v) is 8.12. The molecule has 7 nitrogen and oxygen atoms in total. The Labute approximate surface area is 116 Å². The molecule has 1 saturated heterocycles. The van der Waals surface area contributed by atoms with Gasteiger partial charge in [-0.15, -0.1) is 0 Å². The summed E-state index contributed by atoms with van der Waals surface area (Å²) in [5.74, 6) is -0.0762. The first kappa shape index (κ1) is 14.4. The maximum absolute atomic E-state index is 12.2. The summed E-state index contributed by atoms with van der Waals surface area (Å²) >= 11 is 1.25. The van der Waals surface area contributed by atoms with Crippen LogP contribution in [0.15, 0.2) is 5.38 Å². The van der Waals surface area contributed by atoms with Gasteiger partial charge in [-0.25, -0.2) is 4.72 Å². The van der Waals surface area contributed by atoms with Crippen molar-refractivity contribution < 1.29 is 13.2 Å². The second kappa shape index (κ2) is 5.53. The third-order valence-electron chi connectivity index (χ3n) is 3.10. The van der Waals surface area contributed by atoms with Gasteiger partial charge in [0.25, 0.3) is 16.1 Å². The quantitative estimate of drug-likeness (QED) is 0.829. The topological polar surface area (TPSA) is 82.6 Å². The van der Waals surface area contributed by atoms with Crippen molar-refractivity contribution in [2.45, 2.75) is 6.92 Å². The molecule has 0 spiro atoms. The molecule has 1 fully saturated rings. The summed E-state index contributed by atoms with van der Waals surface area (Å²) in [4.78, 5) is 13.9. The van der Waals surface area contributed by atoms with E-state index in [4.69, 9.17) is 0 Å². The van der Waals surface area contributed by atoms with Crippen molar-refractivity contribution in [3.8, 4) is 0 Å². The fourth-order valence-corrected chi connectivity index (χ4v) is 3.52. The molecule has 0 bridgehead atoms. The van der Waals surface area contributed by atoms with Crippen LogP contribution in [0.2, 0.25) is 0 Å². The second-order valence-electron chi connectivity index (χ2n) is 4.21. The average molecular weight is 304 g/mol. The molecular formula is C10H16N4O3S2. The smallest absolute Gasteiger partial charge is 0.279 e. The Hall–Kier alpha value is -1.03. The van der Waals surface area contributed by atoms with Crippen LogP contribution in [-0.4, -0.2) is 61.1 Å². The van der Waals surface area contributed by atoms with Crippen LogP contribution in [0.5, 0.6) is 0 Å². The maximum Gasteiger partial charge on any atom is 0.279 e. The van der Waals surface area contributed by atoms with Crippen molar-refractivity contribution in [3.05, 3.63) is 16.6 Å². The number of amides is 1. The largest absolute Gasteiger partial charge is 0.336 e. The molecule has 1 aromatic rings. The van der Waals surface area contributed by atoms with E-state index in [1.807, 2.05) is 0 Å². The third kappa shape index (κ3) is 2.94. The minimum Gasteiger partial charge on any atom is -0.336 e. The van der Waals surface area contributed by atoms with Crippen LogP contribution < -0.4 is 4.72 Å². The van der Waals surface area contributed by atoms with Crippen molar-refractivity contribution in [2.75, 3.05) is 33.2 Å². The van der Waals surface area contributed by atoms with Crippen molar-refractivity contribution in [2.24, 2.45) is 0 Å². The van der Waals surface area contributed by atoms with Crippen LogP contribution in [0.1, 0.15) is 16.1 Å². The van der Waals surface area contributed by atoms with E-state index in [1.54, 1.807) is 17.2 Å². The predicted molar refractivity (Wildman–Crippen MR) is 72.3 cm³/mol. The van der Waals surface area contributed by atoms with Gasteiger partial charge in [0.05, 0.1) is 11.3 Å². The Balaban J connectivity index is 2.01. The number of carbonyl (C=O) groups excluding carboxylic acids is 1. The van der Waals surface area contributed by atoms with E-state index in [-0.39, 0.29) is 5.91 Å². The standard InChI is InChI=1S/C10H16N4O3S2/c1-8-9(7-18-12-8)10(15)13-3-5-14(6-4-13)19(16,17)11-2/h7,11H,3-6H2,1-2H3. The summed E-state index contributed by atoms with van der Waals surface area (Å²) in [6.45, 7) is 3.21. The molecule has 19 heavy (non-hydrogen) atoms. The number of nitrogens with zero attached hydrogens (tertiary/aromatic N) is 3. The molecule has 0 aromatic carbocycles. The second-order valence-corrected chi connectivity index (χ2v) is 6.72. The Kier molecular flexibility index (Phi) is 4.19. The lowest BCUT2D eigenvalue weighted by Crippen LogP contribution is -2.52. The van der Waals surface area contributed by atoms with Crippen LogP contribution in [0, 0.1) is 6.92 Å². The maximum atomic E-state index is 12.2. The van der Waals surface area contributed by atoms with E-state index in [2.05, 4.69) is 9.10 Å². The van der Waals surface area contributed by atoms with Gasteiger partial charge in [0.15, 0.2) is 0 Å². The SMILES string of the molecule is CNS(=O)(=O)N1CCN(C(=O)c2csnc2C)CC1. The fraction of sp³-hybridized carbons (Fsp3) is 0.600. The fourth-order valence-electron chi connectivity index (χ4n) is 1.93. The summed E-state index contributed by atoms with van der Waals surface area (Å²) in [7, 11) is -2.02. The summed E-state index contributed by atoms with van der Waals surface area (Å²) in [6.07, 6.45) is 0. The number of piperazine rings is 1. The van der Waals surface area contributed by atoms with Crippen molar-refractivity contribution in [1.82, 2.24) is 18.3 Å². The van der Waals surface area contributed by atoms with E-state index in [9.17, 15) is 13.2 Å². The number of hydrogen-bond acceptors (Lipinski definition) is 5. The molecule has 2 heterocycles. The molecule has 0 saturated carbocycles. The Morgan fingerprint density at radius 1 is 1.37 bits per heavy atom. The molecule has 0 radical (unpaired) electrons. The van der Waals surface area contributed by atoms with Gasteiger partial charge in [0, 0.05) is 38.6 Å². The van der Waals surface area contributed by atoms with Gasteiger partial charge in [-0.1, -0.05) is 0 Å². The number of nitrogens with one attached hydrogen (secondary N) is 1. The lowest BCUT2D eigenvalue weighted by atomic mass is 10.2. The third-order valence-corrected chi connectivity index (χ3v) is 5.39. The summed E-state index contributed by atoms with van der Waals surface area (Å²) in [5, 5.41) is 1.73. The Morgan fingerprint density at radius 2 is 2.00 bits per heavy atom. The van der Waals surface area contributed by atoms with Crippen LogP contribution in [0.4, 0.5) is 0 Å². The van der Waals surface area contributed by atoms with Gasteiger partial charge >= 0.3 is 0 Å². The van der Waals surface area contributed by atoms with E-state index in [0.29, 0.717) is 31.7 Å². The number of rotatable bonds is 3. The van der Waals surface area contributed by atoms with Crippen molar-refractivity contribution in [1.29, 1.82) is 0 Å². The van der Waals surface area contributed by atoms with E-state index in [0.717, 1.165) is 5.69 Å². The highest BCUT2D eigenvalue weighted by atomic mass is 32.2. The number of carbonyl (C=O) groups is 1. The summed E-state index contributed by atoms with van der Waals surface area (Å²) in [5.41, 5.74) is 1.33. The summed E-state index contributed by atoms with van der Waals surface area (Å²) < 4.78 is 30.9. The monoisotopic (exact) mass is 304 g/mol.